The molecule has 0 aromatic heterocycles. The van der Waals surface area contributed by atoms with Crippen LogP contribution in [0, 0.1) is 11.3 Å². The van der Waals surface area contributed by atoms with Gasteiger partial charge in [0.25, 0.3) is 0 Å². The Hall–Kier alpha value is -0.370. The number of carbonyl (C=O) groups excluding carboxylic acids is 1. The highest BCUT2D eigenvalue weighted by Gasteiger charge is 2.38. The molecule has 0 heterocycles. The maximum atomic E-state index is 12.4. The molecule has 0 aromatic rings. The van der Waals surface area contributed by atoms with E-state index in [0.29, 0.717) is 12.5 Å². The molecular formula is C14H28O2. The lowest BCUT2D eigenvalue weighted by Crippen LogP contribution is -2.41. The fourth-order valence-electron chi connectivity index (χ4n) is 2.05. The number of carbonyl (C=O) groups is 1. The normalized spacial score (nSPS) is 18.9. The number of ketones is 1. The Morgan fingerprint density at radius 1 is 1.25 bits per heavy atom. The van der Waals surface area contributed by atoms with Crippen molar-refractivity contribution in [3.63, 3.8) is 0 Å². The van der Waals surface area contributed by atoms with Crippen molar-refractivity contribution in [2.24, 2.45) is 11.3 Å². The van der Waals surface area contributed by atoms with Crippen LogP contribution in [0.15, 0.2) is 0 Å². The molecule has 16 heavy (non-hydrogen) atoms. The van der Waals surface area contributed by atoms with Crippen LogP contribution in [0.1, 0.15) is 60.8 Å². The topological polar surface area (TPSA) is 26.3 Å². The lowest BCUT2D eigenvalue weighted by Gasteiger charge is -2.35. The molecule has 0 rings (SSSR count). The van der Waals surface area contributed by atoms with Crippen LogP contribution < -0.4 is 0 Å². The predicted molar refractivity (Wildman–Crippen MR) is 68.6 cm³/mol. The highest BCUT2D eigenvalue weighted by molar-refractivity contribution is 5.88. The van der Waals surface area contributed by atoms with Crippen molar-refractivity contribution in [1.29, 1.82) is 0 Å². The summed E-state index contributed by atoms with van der Waals surface area (Å²) in [5.41, 5.74) is -0.234. The first kappa shape index (κ1) is 15.6. The molecule has 0 fully saturated rings. The first-order valence-electron chi connectivity index (χ1n) is 6.59. The van der Waals surface area contributed by atoms with Gasteiger partial charge in [0, 0.05) is 12.0 Å². The van der Waals surface area contributed by atoms with Crippen molar-refractivity contribution in [1.82, 2.24) is 0 Å². The van der Waals surface area contributed by atoms with Gasteiger partial charge in [0.15, 0.2) is 5.78 Å². The summed E-state index contributed by atoms with van der Waals surface area (Å²) in [5, 5.41) is 0. The Kier molecular flexibility index (Phi) is 6.89. The van der Waals surface area contributed by atoms with Gasteiger partial charge in [-0.3, -0.25) is 4.79 Å². The van der Waals surface area contributed by atoms with Gasteiger partial charge in [-0.25, -0.2) is 0 Å². The van der Waals surface area contributed by atoms with Crippen molar-refractivity contribution in [2.75, 3.05) is 6.61 Å². The standard InChI is InChI=1S/C14H28O2/c1-7-10-16-12(5)13(15)14(6,9-3)11(4)8-2/h11-12H,7-10H2,1-6H3. The van der Waals surface area contributed by atoms with Gasteiger partial charge in [0.1, 0.15) is 6.10 Å². The highest BCUT2D eigenvalue weighted by atomic mass is 16.5. The van der Waals surface area contributed by atoms with Crippen molar-refractivity contribution in [2.45, 2.75) is 66.9 Å². The van der Waals surface area contributed by atoms with Crippen LogP contribution in [0.25, 0.3) is 0 Å². The second kappa shape index (κ2) is 7.05. The molecule has 2 nitrogen and oxygen atoms in total. The van der Waals surface area contributed by atoms with Gasteiger partial charge in [-0.1, -0.05) is 41.0 Å². The number of hydrogen-bond acceptors (Lipinski definition) is 2. The van der Waals surface area contributed by atoms with Gasteiger partial charge in [-0.15, -0.1) is 0 Å². The van der Waals surface area contributed by atoms with Crippen LogP contribution in [-0.4, -0.2) is 18.5 Å². The summed E-state index contributed by atoms with van der Waals surface area (Å²) in [6, 6.07) is 0. The zero-order valence-electron chi connectivity index (χ0n) is 11.8. The second-order valence-electron chi connectivity index (χ2n) is 4.96. The molecule has 0 N–H and O–H groups in total. The van der Waals surface area contributed by atoms with Crippen molar-refractivity contribution >= 4 is 5.78 Å². The predicted octanol–water partition coefficient (Wildman–Crippen LogP) is 3.83. The zero-order chi connectivity index (χ0) is 12.8. The summed E-state index contributed by atoms with van der Waals surface area (Å²) < 4.78 is 5.55. The molecule has 0 bridgehead atoms. The molecule has 2 heteroatoms. The van der Waals surface area contributed by atoms with Crippen LogP contribution in [0.3, 0.4) is 0 Å². The molecular weight excluding hydrogens is 200 g/mol. The summed E-state index contributed by atoms with van der Waals surface area (Å²) >= 11 is 0. The lowest BCUT2D eigenvalue weighted by atomic mass is 9.70. The molecule has 3 atom stereocenters. The lowest BCUT2D eigenvalue weighted by molar-refractivity contribution is -0.142. The minimum atomic E-state index is -0.265. The van der Waals surface area contributed by atoms with Gasteiger partial charge in [-0.2, -0.15) is 0 Å². The van der Waals surface area contributed by atoms with E-state index in [-0.39, 0.29) is 17.3 Å². The largest absolute Gasteiger partial charge is 0.371 e. The van der Waals surface area contributed by atoms with E-state index in [9.17, 15) is 4.79 Å². The third-order valence-corrected chi connectivity index (χ3v) is 3.94. The van der Waals surface area contributed by atoms with Crippen molar-refractivity contribution in [3.8, 4) is 0 Å². The Labute approximate surface area is 101 Å². The van der Waals surface area contributed by atoms with E-state index in [1.807, 2.05) is 6.92 Å². The van der Waals surface area contributed by atoms with Crippen LogP contribution in [0.4, 0.5) is 0 Å². The third kappa shape index (κ3) is 3.58. The first-order chi connectivity index (χ1) is 7.43. The Bertz CT molecular complexity index is 213. The highest BCUT2D eigenvalue weighted by Crippen LogP contribution is 2.35. The summed E-state index contributed by atoms with van der Waals surface area (Å²) in [6.07, 6.45) is 2.63. The third-order valence-electron chi connectivity index (χ3n) is 3.94. The maximum absolute atomic E-state index is 12.4. The van der Waals surface area contributed by atoms with E-state index in [4.69, 9.17) is 4.74 Å². The van der Waals surface area contributed by atoms with Crippen LogP contribution in [0.5, 0.6) is 0 Å². The number of ether oxygens (including phenoxy) is 1. The van der Waals surface area contributed by atoms with E-state index in [1.165, 1.54) is 0 Å². The molecule has 0 spiro atoms. The molecule has 0 aliphatic heterocycles. The Morgan fingerprint density at radius 2 is 1.81 bits per heavy atom. The van der Waals surface area contributed by atoms with Crippen molar-refractivity contribution < 1.29 is 9.53 Å². The fourth-order valence-corrected chi connectivity index (χ4v) is 2.05. The minimum absolute atomic E-state index is 0.234. The van der Waals surface area contributed by atoms with Gasteiger partial charge in [-0.05, 0) is 25.7 Å². The first-order valence-corrected chi connectivity index (χ1v) is 6.59. The molecule has 3 unspecified atom stereocenters. The van der Waals surface area contributed by atoms with Gasteiger partial charge in [0.2, 0.25) is 0 Å². The molecule has 0 saturated heterocycles. The SMILES string of the molecule is CCCOC(C)C(=O)C(C)(CC)C(C)CC. The fraction of sp³-hybridized carbons (Fsp3) is 0.929. The molecule has 0 radical (unpaired) electrons. The smallest absolute Gasteiger partial charge is 0.167 e. The maximum Gasteiger partial charge on any atom is 0.167 e. The summed E-state index contributed by atoms with van der Waals surface area (Å²) in [7, 11) is 0. The van der Waals surface area contributed by atoms with Gasteiger partial charge in [0.05, 0.1) is 0 Å². The van der Waals surface area contributed by atoms with E-state index >= 15 is 0 Å². The summed E-state index contributed by atoms with van der Waals surface area (Å²) in [5.74, 6) is 0.676. The van der Waals surface area contributed by atoms with E-state index in [0.717, 1.165) is 19.3 Å². The number of Topliss-reactive ketones (excluding diaryl/α,β-unsaturated/α-hetero) is 1. The summed E-state index contributed by atoms with van der Waals surface area (Å²) in [4.78, 5) is 12.4. The van der Waals surface area contributed by atoms with Crippen LogP contribution in [0.2, 0.25) is 0 Å². The van der Waals surface area contributed by atoms with Gasteiger partial charge >= 0.3 is 0 Å². The minimum Gasteiger partial charge on any atom is -0.371 e. The number of rotatable bonds is 8. The quantitative estimate of drug-likeness (QED) is 0.631. The van der Waals surface area contributed by atoms with E-state index in [1.54, 1.807) is 0 Å². The molecule has 96 valence electrons. The average molecular weight is 228 g/mol. The van der Waals surface area contributed by atoms with E-state index in [2.05, 4.69) is 34.6 Å². The Balaban J connectivity index is 4.62. The Morgan fingerprint density at radius 3 is 2.19 bits per heavy atom. The monoisotopic (exact) mass is 228 g/mol. The van der Waals surface area contributed by atoms with Gasteiger partial charge < -0.3 is 4.74 Å². The molecule has 0 aliphatic carbocycles. The molecule has 0 amide bonds. The zero-order valence-corrected chi connectivity index (χ0v) is 11.8. The average Bonchev–Trinajstić information content (AvgIpc) is 2.32. The van der Waals surface area contributed by atoms with E-state index < -0.39 is 0 Å². The summed E-state index contributed by atoms with van der Waals surface area (Å²) in [6.45, 7) is 13.1. The molecule has 0 aromatic carbocycles. The molecule has 0 aliphatic rings. The second-order valence-corrected chi connectivity index (χ2v) is 4.96. The van der Waals surface area contributed by atoms with Crippen molar-refractivity contribution in [3.05, 3.63) is 0 Å². The van der Waals surface area contributed by atoms with Crippen LogP contribution >= 0.6 is 0 Å². The number of hydrogen-bond donors (Lipinski definition) is 0. The molecule has 0 saturated carbocycles. The van der Waals surface area contributed by atoms with Crippen LogP contribution in [-0.2, 0) is 9.53 Å².